The molecule has 0 saturated carbocycles. The molecule has 0 radical (unpaired) electrons. The molecule has 0 aliphatic carbocycles. The number of aryl methyl sites for hydroxylation is 12. The van der Waals surface area contributed by atoms with Crippen LogP contribution in [0.5, 0.6) is 11.5 Å². The van der Waals surface area contributed by atoms with Gasteiger partial charge in [-0.2, -0.15) is 0 Å². The molecule has 0 fully saturated rings. The second-order valence-corrected chi connectivity index (χ2v) is 19.7. The molecule has 10 heteroatoms. The van der Waals surface area contributed by atoms with Gasteiger partial charge < -0.3 is 28.3 Å². The number of rotatable bonds is 18. The molecule has 1 N–H and O–H groups in total. The predicted molar refractivity (Wildman–Crippen MR) is 300 cm³/mol. The standard InChI is InChI=1S/C66H63N6O3.Ir/c1-43-12-9-13-44(2)61(43)70-39-56(67-64(70)53-23-18-49(42-73)19-24-53)29-20-50-36-51(21-30-57-40-71(62-45(3)14-10-15-46(62)4)65(68-57)54-25-32-59(74-7)33-26-54)38-52(37-50)22-31-58-41-72(63-47(5)16-11-17-48(63)6)66(69-58)55-27-34-60(75-8)35-28-55;/h9-19,23,25,27,32-41,73H,20-22,29-31,42H2,1-8H3;/q-3;+3. The first-order valence-electron chi connectivity index (χ1n) is 25.8. The Bertz CT molecular complexity index is 3170. The molecule has 0 unspecified atom stereocenters. The minimum absolute atomic E-state index is 0. The molecule has 0 amide bonds. The van der Waals surface area contributed by atoms with Crippen molar-refractivity contribution in [3.8, 4) is 62.7 Å². The fraction of sp³-hybridized carbons (Fsp3) is 0.227. The Hall–Kier alpha value is -7.62. The molecule has 0 bridgehead atoms. The molecule has 10 rings (SSSR count). The number of benzene rings is 7. The number of ether oxygens (including phenoxy) is 2. The van der Waals surface area contributed by atoms with E-state index in [9.17, 15) is 5.11 Å². The first-order chi connectivity index (χ1) is 36.5. The summed E-state index contributed by atoms with van der Waals surface area (Å²) in [7, 11) is 3.35. The number of aromatic nitrogens is 6. The van der Waals surface area contributed by atoms with Gasteiger partial charge in [0.15, 0.2) is 0 Å². The van der Waals surface area contributed by atoms with Gasteiger partial charge in [-0.15, -0.1) is 95.1 Å². The zero-order valence-corrected chi connectivity index (χ0v) is 47.0. The van der Waals surface area contributed by atoms with Gasteiger partial charge in [-0.1, -0.05) is 72.8 Å². The predicted octanol–water partition coefficient (Wildman–Crippen LogP) is 13.4. The van der Waals surface area contributed by atoms with Crippen LogP contribution in [0.1, 0.15) is 72.7 Å². The van der Waals surface area contributed by atoms with Gasteiger partial charge in [-0.3, -0.25) is 15.0 Å². The first-order valence-corrected chi connectivity index (χ1v) is 25.8. The Morgan fingerprint density at radius 3 is 0.987 bits per heavy atom. The molecular weight excluding hydrogens is 1120 g/mol. The summed E-state index contributed by atoms with van der Waals surface area (Å²) in [5.74, 6) is 4.06. The Kier molecular flexibility index (Phi) is 16.5. The van der Waals surface area contributed by atoms with Crippen LogP contribution in [0.3, 0.4) is 0 Å². The van der Waals surface area contributed by atoms with E-state index in [2.05, 4.69) is 165 Å². The average Bonchev–Trinajstić information content (AvgIpc) is 4.18. The molecule has 76 heavy (non-hydrogen) atoms. The second kappa shape index (κ2) is 23.5. The average molecular weight is 1180 g/mol. The van der Waals surface area contributed by atoms with Crippen molar-refractivity contribution in [2.75, 3.05) is 14.2 Å². The number of nitrogens with zero attached hydrogens (tertiary/aromatic N) is 6. The maximum absolute atomic E-state index is 9.81. The van der Waals surface area contributed by atoms with Crippen LogP contribution in [0.15, 0.2) is 146 Å². The van der Waals surface area contributed by atoms with Crippen LogP contribution >= 0.6 is 0 Å². The van der Waals surface area contributed by atoms with E-state index in [0.29, 0.717) is 0 Å². The number of aliphatic hydroxyl groups excluding tert-OH is 1. The summed E-state index contributed by atoms with van der Waals surface area (Å²) < 4.78 is 17.7. The van der Waals surface area contributed by atoms with Crippen molar-refractivity contribution in [2.45, 2.75) is 86.7 Å². The van der Waals surface area contributed by atoms with Crippen LogP contribution < -0.4 is 9.47 Å². The van der Waals surface area contributed by atoms with E-state index in [1.54, 1.807) is 14.2 Å². The Balaban J connectivity index is 0.00000706. The smallest absolute Gasteiger partial charge is 0.540 e. The van der Waals surface area contributed by atoms with Crippen LogP contribution in [-0.4, -0.2) is 48.0 Å². The molecule has 0 atom stereocenters. The van der Waals surface area contributed by atoms with E-state index in [1.807, 2.05) is 54.6 Å². The van der Waals surface area contributed by atoms with Crippen molar-refractivity contribution in [1.82, 2.24) is 28.7 Å². The Morgan fingerprint density at radius 2 is 0.724 bits per heavy atom. The summed E-state index contributed by atoms with van der Waals surface area (Å²) >= 11 is 0. The number of hydrogen-bond donors (Lipinski definition) is 1. The Morgan fingerprint density at radius 1 is 0.408 bits per heavy atom. The molecule has 0 spiro atoms. The van der Waals surface area contributed by atoms with Crippen molar-refractivity contribution in [3.05, 3.63) is 237 Å². The van der Waals surface area contributed by atoms with Crippen LogP contribution in [0.4, 0.5) is 0 Å². The van der Waals surface area contributed by atoms with Gasteiger partial charge in [0.1, 0.15) is 0 Å². The molecule has 10 aromatic rings. The van der Waals surface area contributed by atoms with Gasteiger partial charge in [0.2, 0.25) is 0 Å². The molecule has 384 valence electrons. The van der Waals surface area contributed by atoms with Crippen LogP contribution in [0.25, 0.3) is 51.2 Å². The molecule has 7 aromatic carbocycles. The molecule has 3 heterocycles. The van der Waals surface area contributed by atoms with Crippen molar-refractivity contribution >= 4 is 0 Å². The summed E-state index contributed by atoms with van der Waals surface area (Å²) in [6.07, 6.45) is 11.3. The maximum atomic E-state index is 9.81. The fourth-order valence-electron chi connectivity index (χ4n) is 10.4. The minimum atomic E-state index is -0.0337. The molecule has 9 nitrogen and oxygen atoms in total. The van der Waals surface area contributed by atoms with Gasteiger partial charge in [-0.25, -0.2) is 0 Å². The molecule has 0 aliphatic rings. The van der Waals surface area contributed by atoms with Crippen LogP contribution in [0, 0.1) is 59.7 Å². The van der Waals surface area contributed by atoms with E-state index >= 15 is 0 Å². The number of para-hydroxylation sites is 3. The normalized spacial score (nSPS) is 11.2. The third-order valence-electron chi connectivity index (χ3n) is 14.3. The number of imidazole rings is 3. The van der Waals surface area contributed by atoms with Crippen LogP contribution in [-0.2, 0) is 65.2 Å². The quantitative estimate of drug-likeness (QED) is 0.0861. The molecule has 0 saturated heterocycles. The van der Waals surface area contributed by atoms with Crippen molar-refractivity contribution < 1.29 is 34.7 Å². The summed E-state index contributed by atoms with van der Waals surface area (Å²) in [6, 6.07) is 54.2. The van der Waals surface area contributed by atoms with E-state index in [1.165, 1.54) is 50.1 Å². The van der Waals surface area contributed by atoms with E-state index in [-0.39, 0.29) is 26.7 Å². The van der Waals surface area contributed by atoms with Crippen molar-refractivity contribution in [1.29, 1.82) is 0 Å². The zero-order chi connectivity index (χ0) is 52.2. The SMILES string of the molecule is COc1c[c-]c(-c2nc(CCc3cc(CCc4cn(-c5c(C)cccc5C)c(-c5[c-]cc(CO)cc5)n4)cc(CCc4cn(-c5c(C)cccc5C)c(-c5[c-]cc(OC)cc5)n4)c3)cn2-c2c(C)cccc2C)cc1.[Ir+3]. The van der Waals surface area contributed by atoms with E-state index in [0.717, 1.165) is 124 Å². The summed E-state index contributed by atoms with van der Waals surface area (Å²) in [4.78, 5) is 15.9. The monoisotopic (exact) mass is 1180 g/mol. The number of hydrogen-bond acceptors (Lipinski definition) is 6. The van der Waals surface area contributed by atoms with E-state index < -0.39 is 0 Å². The fourth-order valence-corrected chi connectivity index (χ4v) is 10.4. The van der Waals surface area contributed by atoms with Gasteiger partial charge in [-0.05, 0) is 130 Å². The minimum Gasteiger partial charge on any atom is -0.540 e. The third-order valence-corrected chi connectivity index (χ3v) is 14.3. The molecular formula is C66H63IrN6O3. The summed E-state index contributed by atoms with van der Waals surface area (Å²) in [5.41, 5.74) is 20.8. The summed E-state index contributed by atoms with van der Waals surface area (Å²) in [5, 5.41) is 9.81. The van der Waals surface area contributed by atoms with E-state index in [4.69, 9.17) is 24.4 Å². The number of methoxy groups -OCH3 is 2. The topological polar surface area (TPSA) is 92.2 Å². The zero-order valence-electron chi connectivity index (χ0n) is 44.6. The molecule has 0 aliphatic heterocycles. The van der Waals surface area contributed by atoms with Gasteiger partial charge in [0, 0.05) is 70.8 Å². The third kappa shape index (κ3) is 11.5. The maximum Gasteiger partial charge on any atom is 3.00 e. The van der Waals surface area contributed by atoms with Gasteiger partial charge in [0.05, 0.1) is 31.7 Å². The first kappa shape index (κ1) is 53.2. The van der Waals surface area contributed by atoms with Gasteiger partial charge >= 0.3 is 20.1 Å². The Labute approximate surface area is 461 Å². The summed E-state index contributed by atoms with van der Waals surface area (Å²) in [6.45, 7) is 12.9. The number of aliphatic hydroxyl groups is 1. The van der Waals surface area contributed by atoms with Crippen LogP contribution in [0.2, 0.25) is 0 Å². The largest absolute Gasteiger partial charge is 3.00 e. The second-order valence-electron chi connectivity index (χ2n) is 19.7. The van der Waals surface area contributed by atoms with Gasteiger partial charge in [0.25, 0.3) is 0 Å². The van der Waals surface area contributed by atoms with Crippen molar-refractivity contribution in [2.24, 2.45) is 0 Å². The van der Waals surface area contributed by atoms with Crippen molar-refractivity contribution in [3.63, 3.8) is 0 Å². The molecule has 3 aromatic heterocycles.